The smallest absolute Gasteiger partial charge is 0.326 e. The Labute approximate surface area is 228 Å². The highest BCUT2D eigenvalue weighted by Crippen LogP contribution is 2.44. The highest BCUT2D eigenvalue weighted by atomic mass is 35.5. The fourth-order valence-corrected chi connectivity index (χ4v) is 5.44. The maximum absolute atomic E-state index is 14.0. The largest absolute Gasteiger partial charge is 0.480 e. The number of rotatable bonds is 10. The van der Waals surface area contributed by atoms with Crippen LogP contribution in [0.1, 0.15) is 55.9 Å². The monoisotopic (exact) mass is 548 g/mol. The first-order valence-corrected chi connectivity index (χ1v) is 13.7. The third-order valence-electron chi connectivity index (χ3n) is 7.06. The van der Waals surface area contributed by atoms with Crippen molar-refractivity contribution in [1.29, 1.82) is 0 Å². The Morgan fingerprint density at radius 3 is 2.19 bits per heavy atom. The predicted octanol–water partition coefficient (Wildman–Crippen LogP) is 5.37. The van der Waals surface area contributed by atoms with E-state index in [1.54, 1.807) is 29.2 Å². The van der Waals surface area contributed by atoms with Crippen LogP contribution >= 0.6 is 23.2 Å². The second kappa shape index (κ2) is 13.1. The first-order chi connectivity index (χ1) is 17.9. The summed E-state index contributed by atoms with van der Waals surface area (Å²) < 4.78 is 12.0. The average Bonchev–Trinajstić information content (AvgIpc) is 2.90. The molecule has 4 atom stereocenters. The van der Waals surface area contributed by atoms with E-state index in [1.165, 1.54) is 0 Å². The van der Waals surface area contributed by atoms with Gasteiger partial charge >= 0.3 is 5.97 Å². The molecule has 0 unspecified atom stereocenters. The topological polar surface area (TPSA) is 79.3 Å². The number of carboxylic acid groups (broad SMARTS) is 1. The molecule has 1 N–H and O–H groups in total. The number of carbonyl (C=O) groups excluding carboxylic acids is 1. The van der Waals surface area contributed by atoms with Crippen LogP contribution in [0.2, 0.25) is 10.0 Å². The molecule has 0 spiro atoms. The third kappa shape index (κ3) is 6.84. The normalized spacial score (nSPS) is 23.7. The molecular weight excluding hydrogens is 515 g/mol. The van der Waals surface area contributed by atoms with Gasteiger partial charge in [-0.2, -0.15) is 0 Å². The van der Waals surface area contributed by atoms with Gasteiger partial charge in [0.05, 0.1) is 19.3 Å². The van der Waals surface area contributed by atoms with Gasteiger partial charge in [0.2, 0.25) is 0 Å². The first kappa shape index (κ1) is 27.9. The number of carbonyl (C=O) groups is 2. The van der Waals surface area contributed by atoms with Crippen molar-refractivity contribution in [3.63, 3.8) is 0 Å². The quantitative estimate of drug-likeness (QED) is 0.430. The van der Waals surface area contributed by atoms with Crippen LogP contribution in [0.25, 0.3) is 0 Å². The number of nitrogens with zero attached hydrogens (tertiary/aromatic N) is 2. The number of aliphatic carboxylic acids is 1. The molecule has 2 saturated heterocycles. The third-order valence-corrected chi connectivity index (χ3v) is 7.57. The van der Waals surface area contributed by atoms with Crippen molar-refractivity contribution in [3.8, 4) is 0 Å². The Morgan fingerprint density at radius 1 is 1.03 bits per heavy atom. The zero-order chi connectivity index (χ0) is 26.4. The zero-order valence-corrected chi connectivity index (χ0v) is 22.5. The zero-order valence-electron chi connectivity index (χ0n) is 21.0. The molecule has 0 aromatic heterocycles. The van der Waals surface area contributed by atoms with Crippen molar-refractivity contribution in [1.82, 2.24) is 9.80 Å². The molecule has 2 aliphatic rings. The summed E-state index contributed by atoms with van der Waals surface area (Å²) in [5.41, 5.74) is 1.60. The highest BCUT2D eigenvalue weighted by molar-refractivity contribution is 6.30. The van der Waals surface area contributed by atoms with Gasteiger partial charge in [-0.15, -0.1) is 0 Å². The van der Waals surface area contributed by atoms with Crippen LogP contribution < -0.4 is 0 Å². The van der Waals surface area contributed by atoms with Gasteiger partial charge < -0.3 is 19.5 Å². The maximum Gasteiger partial charge on any atom is 0.326 e. The van der Waals surface area contributed by atoms with Crippen LogP contribution in [0.5, 0.6) is 0 Å². The second-order valence-corrected chi connectivity index (χ2v) is 10.5. The van der Waals surface area contributed by atoms with E-state index >= 15 is 0 Å². The maximum atomic E-state index is 14.0. The highest BCUT2D eigenvalue weighted by Gasteiger charge is 2.48. The van der Waals surface area contributed by atoms with Crippen molar-refractivity contribution >= 4 is 35.1 Å². The number of benzene rings is 2. The number of morpholine rings is 2. The van der Waals surface area contributed by atoms with Crippen LogP contribution in [0.3, 0.4) is 0 Å². The van der Waals surface area contributed by atoms with E-state index in [2.05, 4.69) is 4.90 Å². The minimum atomic E-state index is -1.02. The summed E-state index contributed by atoms with van der Waals surface area (Å²) in [6.45, 7) is 5.93. The first-order valence-electron chi connectivity index (χ1n) is 12.9. The van der Waals surface area contributed by atoms with Gasteiger partial charge in [0.1, 0.15) is 18.2 Å². The molecule has 2 aromatic rings. The average molecular weight is 549 g/mol. The van der Waals surface area contributed by atoms with Gasteiger partial charge in [-0.1, -0.05) is 60.8 Å². The molecule has 2 fully saturated rings. The Morgan fingerprint density at radius 2 is 1.62 bits per heavy atom. The van der Waals surface area contributed by atoms with Crippen molar-refractivity contribution in [2.75, 3.05) is 32.8 Å². The molecule has 0 aliphatic carbocycles. The van der Waals surface area contributed by atoms with Crippen molar-refractivity contribution in [3.05, 3.63) is 69.7 Å². The number of carboxylic acids is 1. The van der Waals surface area contributed by atoms with Gasteiger partial charge in [0, 0.05) is 23.1 Å². The van der Waals surface area contributed by atoms with E-state index in [-0.39, 0.29) is 5.91 Å². The number of amides is 1. The van der Waals surface area contributed by atoms with E-state index < -0.39 is 30.3 Å². The number of hydrogen-bond donors (Lipinski definition) is 1. The van der Waals surface area contributed by atoms with Crippen LogP contribution in [0, 0.1) is 0 Å². The molecule has 2 heterocycles. The standard InChI is InChI=1S/C28H34Cl2N2O5/c1-2-4-23(28(34)35)32-25(19-6-10-21(29)11-7-19)26(20-8-12-22(30)13-9-20)37-24(27(32)33)5-3-14-31-15-17-36-18-16-31/h6-13,23-26H,2-5,14-18H2,1H3,(H,34,35)/t23-,24+,25-,26+/m1/s1. The Bertz CT molecular complexity index is 1040. The predicted molar refractivity (Wildman–Crippen MR) is 143 cm³/mol. The molecule has 200 valence electrons. The Kier molecular flexibility index (Phi) is 9.84. The van der Waals surface area contributed by atoms with Gasteiger partial charge in [0.15, 0.2) is 0 Å². The lowest BCUT2D eigenvalue weighted by Gasteiger charge is -2.47. The SMILES string of the molecule is CCC[C@H](C(=O)O)N1C(=O)[C@H](CCCN2CCOCC2)O[C@@H](c2ccc(Cl)cc2)[C@H]1c1ccc(Cl)cc1. The van der Waals surface area contributed by atoms with Gasteiger partial charge in [-0.3, -0.25) is 9.69 Å². The van der Waals surface area contributed by atoms with Crippen molar-refractivity contribution in [2.24, 2.45) is 0 Å². The number of ether oxygens (including phenoxy) is 2. The summed E-state index contributed by atoms with van der Waals surface area (Å²) in [4.78, 5) is 30.3. The van der Waals surface area contributed by atoms with Gasteiger partial charge in [0.25, 0.3) is 5.91 Å². The fraction of sp³-hybridized carbons (Fsp3) is 0.500. The van der Waals surface area contributed by atoms with Gasteiger partial charge in [-0.25, -0.2) is 4.79 Å². The minimum Gasteiger partial charge on any atom is -0.480 e. The van der Waals surface area contributed by atoms with Crippen molar-refractivity contribution < 1.29 is 24.2 Å². The molecule has 4 rings (SSSR count). The summed E-state index contributed by atoms with van der Waals surface area (Å²) in [6.07, 6.45) is 0.922. The summed E-state index contributed by atoms with van der Waals surface area (Å²) >= 11 is 12.3. The van der Waals surface area contributed by atoms with Crippen LogP contribution in [0.15, 0.2) is 48.5 Å². The van der Waals surface area contributed by atoms with E-state index in [4.69, 9.17) is 32.7 Å². The molecule has 7 nitrogen and oxygen atoms in total. The fourth-order valence-electron chi connectivity index (χ4n) is 5.19. The van der Waals surface area contributed by atoms with E-state index in [0.717, 1.165) is 37.2 Å². The van der Waals surface area contributed by atoms with E-state index in [9.17, 15) is 14.7 Å². The van der Waals surface area contributed by atoms with Gasteiger partial charge in [-0.05, 0) is 61.2 Å². The van der Waals surface area contributed by atoms with E-state index in [0.29, 0.717) is 42.5 Å². The van der Waals surface area contributed by atoms with Crippen LogP contribution in [-0.4, -0.2) is 71.8 Å². The minimum absolute atomic E-state index is 0.284. The molecule has 0 bridgehead atoms. The molecule has 2 aliphatic heterocycles. The lowest BCUT2D eigenvalue weighted by molar-refractivity contribution is -0.185. The molecular formula is C28H34Cl2N2O5. The summed E-state index contributed by atoms with van der Waals surface area (Å²) in [7, 11) is 0. The molecule has 2 aromatic carbocycles. The molecule has 0 saturated carbocycles. The van der Waals surface area contributed by atoms with Crippen molar-refractivity contribution in [2.45, 2.75) is 56.9 Å². The lowest BCUT2D eigenvalue weighted by Crippen LogP contribution is -2.57. The van der Waals surface area contributed by atoms with Crippen LogP contribution in [-0.2, 0) is 19.1 Å². The summed E-state index contributed by atoms with van der Waals surface area (Å²) in [5, 5.41) is 11.4. The second-order valence-electron chi connectivity index (χ2n) is 9.58. The van der Waals surface area contributed by atoms with Crippen LogP contribution in [0.4, 0.5) is 0 Å². The molecule has 1 amide bonds. The molecule has 9 heteroatoms. The number of hydrogen-bond acceptors (Lipinski definition) is 5. The summed E-state index contributed by atoms with van der Waals surface area (Å²) in [6, 6.07) is 12.9. The van der Waals surface area contributed by atoms with E-state index in [1.807, 2.05) is 31.2 Å². The Hall–Kier alpha value is -2.16. The molecule has 0 radical (unpaired) electrons. The molecule has 37 heavy (non-hydrogen) atoms. The lowest BCUT2D eigenvalue weighted by atomic mass is 9.89. The summed E-state index contributed by atoms with van der Waals surface area (Å²) in [5.74, 6) is -1.30. The number of halogens is 2. The Balaban J connectivity index is 1.70.